The van der Waals surface area contributed by atoms with Gasteiger partial charge in [0.2, 0.25) is 0 Å². The van der Waals surface area contributed by atoms with Crippen molar-refractivity contribution in [2.24, 2.45) is 11.7 Å². The number of nitrogens with two attached hydrogens (primary N) is 1. The molecule has 3 nitrogen and oxygen atoms in total. The highest BCUT2D eigenvalue weighted by atomic mass is 15.2. The van der Waals surface area contributed by atoms with Gasteiger partial charge in [-0.3, -0.25) is 9.80 Å². The maximum atomic E-state index is 5.78. The van der Waals surface area contributed by atoms with E-state index in [2.05, 4.69) is 58.3 Å². The number of likely N-dealkylation sites (tertiary alicyclic amines) is 2. The van der Waals surface area contributed by atoms with Crippen molar-refractivity contribution >= 4 is 0 Å². The predicted molar refractivity (Wildman–Crippen MR) is 93.6 cm³/mol. The third-order valence-corrected chi connectivity index (χ3v) is 4.78. The molecule has 2 heterocycles. The lowest BCUT2D eigenvalue weighted by atomic mass is 9.95. The largest absolute Gasteiger partial charge is 0.326 e. The first-order chi connectivity index (χ1) is 9.50. The van der Waals surface area contributed by atoms with Gasteiger partial charge in [-0.2, -0.15) is 0 Å². The Labute approximate surface area is 133 Å². The molecule has 2 aliphatic rings. The lowest BCUT2D eigenvalue weighted by Gasteiger charge is -2.40. The summed E-state index contributed by atoms with van der Waals surface area (Å²) in [7, 11) is 0. The van der Waals surface area contributed by atoms with E-state index in [1.54, 1.807) is 0 Å². The fourth-order valence-electron chi connectivity index (χ4n) is 3.20. The van der Waals surface area contributed by atoms with E-state index in [9.17, 15) is 0 Å². The Balaban J connectivity index is 0.000000211. The Morgan fingerprint density at radius 2 is 1.33 bits per heavy atom. The van der Waals surface area contributed by atoms with Gasteiger partial charge in [-0.15, -0.1) is 0 Å². The topological polar surface area (TPSA) is 32.5 Å². The molecule has 2 fully saturated rings. The third-order valence-electron chi connectivity index (χ3n) is 4.78. The van der Waals surface area contributed by atoms with Gasteiger partial charge < -0.3 is 5.73 Å². The van der Waals surface area contributed by atoms with Gasteiger partial charge in [0.05, 0.1) is 0 Å². The smallest absolute Gasteiger partial charge is 0.0180 e. The Morgan fingerprint density at radius 1 is 0.810 bits per heavy atom. The highest BCUT2D eigenvalue weighted by Gasteiger charge is 2.28. The summed E-state index contributed by atoms with van der Waals surface area (Å²) in [5, 5.41) is 0. The van der Waals surface area contributed by atoms with Crippen LogP contribution in [-0.4, -0.2) is 53.1 Å². The number of hydrogen-bond acceptors (Lipinski definition) is 3. The van der Waals surface area contributed by atoms with Crippen molar-refractivity contribution in [2.75, 3.05) is 26.2 Å². The first-order valence-electron chi connectivity index (χ1n) is 8.76. The normalized spacial score (nSPS) is 29.1. The Kier molecular flexibility index (Phi) is 6.70. The predicted octanol–water partition coefficient (Wildman–Crippen LogP) is 3.33. The molecule has 2 rings (SSSR count). The molecule has 0 aromatic heterocycles. The molecule has 2 atom stereocenters. The number of hydrogen-bond donors (Lipinski definition) is 1. The lowest BCUT2D eigenvalue weighted by molar-refractivity contribution is 0.0843. The van der Waals surface area contributed by atoms with E-state index < -0.39 is 0 Å². The van der Waals surface area contributed by atoms with Crippen molar-refractivity contribution in [2.45, 2.75) is 84.8 Å². The van der Waals surface area contributed by atoms with Gasteiger partial charge in [-0.1, -0.05) is 6.92 Å². The quantitative estimate of drug-likeness (QED) is 0.744. The van der Waals surface area contributed by atoms with Crippen LogP contribution in [-0.2, 0) is 0 Å². The molecule has 0 aliphatic carbocycles. The average molecular weight is 298 g/mol. The van der Waals surface area contributed by atoms with Gasteiger partial charge in [0.25, 0.3) is 0 Å². The summed E-state index contributed by atoms with van der Waals surface area (Å²) in [6, 6.07) is 0.416. The van der Waals surface area contributed by atoms with Gasteiger partial charge in [0, 0.05) is 36.8 Å². The Morgan fingerprint density at radius 3 is 1.62 bits per heavy atom. The average Bonchev–Trinajstić information content (AvgIpc) is 2.75. The van der Waals surface area contributed by atoms with Gasteiger partial charge in [0.1, 0.15) is 0 Å². The van der Waals surface area contributed by atoms with Crippen LogP contribution < -0.4 is 5.73 Å². The van der Waals surface area contributed by atoms with E-state index in [0.717, 1.165) is 18.9 Å². The van der Waals surface area contributed by atoms with Crippen molar-refractivity contribution in [3.63, 3.8) is 0 Å². The van der Waals surface area contributed by atoms with Crippen LogP contribution in [0, 0.1) is 5.92 Å². The maximum absolute atomic E-state index is 5.78. The second kappa shape index (κ2) is 7.43. The molecule has 0 saturated carbocycles. The zero-order chi connectivity index (χ0) is 16.3. The van der Waals surface area contributed by atoms with Gasteiger partial charge in [0.15, 0.2) is 0 Å². The van der Waals surface area contributed by atoms with Crippen LogP contribution in [0.4, 0.5) is 0 Å². The minimum Gasteiger partial charge on any atom is -0.326 e. The van der Waals surface area contributed by atoms with Gasteiger partial charge >= 0.3 is 0 Å². The van der Waals surface area contributed by atoms with Crippen LogP contribution in [0.1, 0.15) is 67.7 Å². The molecule has 2 saturated heterocycles. The van der Waals surface area contributed by atoms with Gasteiger partial charge in [-0.05, 0) is 73.3 Å². The van der Waals surface area contributed by atoms with Crippen LogP contribution in [0.2, 0.25) is 0 Å². The van der Waals surface area contributed by atoms with Crippen LogP contribution >= 0.6 is 0 Å². The zero-order valence-corrected chi connectivity index (χ0v) is 15.6. The number of nitrogens with zero attached hydrogens (tertiary/aromatic N) is 2. The SMILES string of the molecule is CC(C)(C)N1CCC(N)C1.CC1CCCN(C(C)(C)C)C1. The number of rotatable bonds is 0. The minimum absolute atomic E-state index is 0.314. The summed E-state index contributed by atoms with van der Waals surface area (Å²) in [5.41, 5.74) is 6.48. The highest BCUT2D eigenvalue weighted by Crippen LogP contribution is 2.22. The van der Waals surface area contributed by atoms with Crippen LogP contribution in [0.25, 0.3) is 0 Å². The molecule has 3 heteroatoms. The first-order valence-corrected chi connectivity index (χ1v) is 8.76. The van der Waals surface area contributed by atoms with Crippen molar-refractivity contribution in [3.05, 3.63) is 0 Å². The summed E-state index contributed by atoms with van der Waals surface area (Å²) in [6.07, 6.45) is 3.97. The molecule has 2 aliphatic heterocycles. The fraction of sp³-hybridized carbons (Fsp3) is 1.00. The van der Waals surface area contributed by atoms with E-state index in [1.807, 2.05) is 0 Å². The van der Waals surface area contributed by atoms with Crippen molar-refractivity contribution in [1.29, 1.82) is 0 Å². The molecule has 2 unspecified atom stereocenters. The maximum Gasteiger partial charge on any atom is 0.0180 e. The van der Waals surface area contributed by atoms with E-state index in [0.29, 0.717) is 17.1 Å². The molecule has 0 amide bonds. The van der Waals surface area contributed by atoms with Crippen molar-refractivity contribution in [1.82, 2.24) is 9.80 Å². The van der Waals surface area contributed by atoms with Crippen molar-refractivity contribution < 1.29 is 0 Å². The standard InChI is InChI=1S/C10H21N.C8H18N2/c1-9-6-5-7-11(8-9)10(2,3)4;1-8(2,3)10-5-4-7(9)6-10/h9H,5-8H2,1-4H3;7H,4-6,9H2,1-3H3. The Hall–Kier alpha value is -0.120. The molecule has 21 heavy (non-hydrogen) atoms. The van der Waals surface area contributed by atoms with Gasteiger partial charge in [-0.25, -0.2) is 0 Å². The monoisotopic (exact) mass is 297 g/mol. The Bertz CT molecular complexity index is 301. The summed E-state index contributed by atoms with van der Waals surface area (Å²) >= 11 is 0. The molecular formula is C18H39N3. The second-order valence-electron chi connectivity index (χ2n) is 9.03. The molecule has 0 bridgehead atoms. The van der Waals surface area contributed by atoms with Crippen LogP contribution in [0.5, 0.6) is 0 Å². The number of piperidine rings is 1. The second-order valence-corrected chi connectivity index (χ2v) is 9.03. The third kappa shape index (κ3) is 6.66. The lowest BCUT2D eigenvalue weighted by Crippen LogP contribution is -2.46. The van der Waals surface area contributed by atoms with Crippen LogP contribution in [0.3, 0.4) is 0 Å². The summed E-state index contributed by atoms with van der Waals surface area (Å²) in [5.74, 6) is 0.906. The highest BCUT2D eigenvalue weighted by molar-refractivity contribution is 4.86. The molecule has 0 aromatic carbocycles. The molecule has 0 spiro atoms. The molecular weight excluding hydrogens is 258 g/mol. The van der Waals surface area contributed by atoms with E-state index in [-0.39, 0.29) is 0 Å². The van der Waals surface area contributed by atoms with E-state index in [1.165, 1.54) is 32.5 Å². The van der Waals surface area contributed by atoms with Crippen LogP contribution in [0.15, 0.2) is 0 Å². The summed E-state index contributed by atoms with van der Waals surface area (Å²) < 4.78 is 0. The first kappa shape index (κ1) is 18.9. The van der Waals surface area contributed by atoms with Crippen molar-refractivity contribution in [3.8, 4) is 0 Å². The van der Waals surface area contributed by atoms with E-state index >= 15 is 0 Å². The summed E-state index contributed by atoms with van der Waals surface area (Å²) in [6.45, 7) is 20.9. The zero-order valence-electron chi connectivity index (χ0n) is 15.6. The minimum atomic E-state index is 0.314. The molecule has 2 N–H and O–H groups in total. The summed E-state index contributed by atoms with van der Waals surface area (Å²) in [4.78, 5) is 5.04. The fourth-order valence-corrected chi connectivity index (χ4v) is 3.20. The molecule has 126 valence electrons. The molecule has 0 radical (unpaired) electrons. The molecule has 0 aromatic rings. The van der Waals surface area contributed by atoms with E-state index in [4.69, 9.17) is 5.73 Å².